The quantitative estimate of drug-likeness (QED) is 0.170. The maximum absolute atomic E-state index is 18.5. The predicted molar refractivity (Wildman–Crippen MR) is 208 cm³/mol. The number of ketones is 4. The van der Waals surface area contributed by atoms with Gasteiger partial charge in [0.15, 0.2) is 28.8 Å². The molecule has 8 rings (SSSR count). The molecule has 332 valence electrons. The average Bonchev–Trinajstić information content (AvgIpc) is 3.50. The van der Waals surface area contributed by atoms with E-state index in [4.69, 9.17) is 23.2 Å². The molecule has 0 aromatic heterocycles. The summed E-state index contributed by atoms with van der Waals surface area (Å²) in [4.78, 5) is 51.8. The molecule has 0 amide bonds. The van der Waals surface area contributed by atoms with E-state index in [9.17, 15) is 49.8 Å². The summed E-state index contributed by atoms with van der Waals surface area (Å²) in [5, 5.41) is 69.9. The minimum atomic E-state index is -2.80. The molecule has 0 aromatic rings. The molecule has 8 aliphatic rings. The SMILES string of the molecule is C[C@@H]1C[C@H]2[C@@H]3C[C@H](F)C4=CC(=O)C(Cl)=C[C@]4(C)[C@@]3(F)[C@@H](O)C[C@]2(C)[C@@]1(O)C(=O)C(O)C1(Cl)C[C@@]2(C)C(=CC1=O)[C@@H](F)C[C@H]1[C@@H]3C[C@@H](C)[C@](O)(C(=O)CO)[C@@]3(C)C[C@H](O)[C@@]12F. The Balaban J connectivity index is 1.16. The molecule has 6 saturated carbocycles. The van der Waals surface area contributed by atoms with Gasteiger partial charge in [0.05, 0.1) is 17.2 Å². The Hall–Kier alpha value is -2.04. The number of aliphatic hydroxyl groups excluding tert-OH is 4. The van der Waals surface area contributed by atoms with Gasteiger partial charge in [-0.15, -0.1) is 11.6 Å². The summed E-state index contributed by atoms with van der Waals surface area (Å²) in [6.45, 7) is 7.50. The molecule has 8 aliphatic carbocycles. The van der Waals surface area contributed by atoms with Crippen molar-refractivity contribution in [2.45, 2.75) is 145 Å². The molecule has 6 fully saturated rings. The Morgan fingerprint density at radius 1 is 0.800 bits per heavy atom. The van der Waals surface area contributed by atoms with Gasteiger partial charge in [0.1, 0.15) is 46.8 Å². The maximum Gasteiger partial charge on any atom is 0.196 e. The van der Waals surface area contributed by atoms with Gasteiger partial charge in [0.2, 0.25) is 0 Å². The Labute approximate surface area is 355 Å². The Morgan fingerprint density at radius 3 is 1.83 bits per heavy atom. The maximum atomic E-state index is 18.5. The van der Waals surface area contributed by atoms with Crippen LogP contribution in [0.3, 0.4) is 0 Å². The highest BCUT2D eigenvalue weighted by Crippen LogP contribution is 2.74. The third-order valence-electron chi connectivity index (χ3n) is 18.6. The van der Waals surface area contributed by atoms with Gasteiger partial charge in [0.25, 0.3) is 0 Å². The smallest absolute Gasteiger partial charge is 0.196 e. The molecule has 0 heterocycles. The molecule has 0 aromatic carbocycles. The molecule has 20 atom stereocenters. The van der Waals surface area contributed by atoms with Crippen molar-refractivity contribution >= 4 is 46.3 Å². The molecule has 2 unspecified atom stereocenters. The van der Waals surface area contributed by atoms with Crippen LogP contribution >= 0.6 is 23.2 Å². The fraction of sp³-hybridized carbons (Fsp3) is 0.773. The predicted octanol–water partition coefficient (Wildman–Crippen LogP) is 4.45. The number of aliphatic hydroxyl groups is 6. The van der Waals surface area contributed by atoms with Crippen LogP contribution in [0.2, 0.25) is 0 Å². The zero-order valence-corrected chi connectivity index (χ0v) is 35.8. The van der Waals surface area contributed by atoms with Crippen molar-refractivity contribution in [2.24, 2.45) is 57.2 Å². The van der Waals surface area contributed by atoms with Crippen molar-refractivity contribution in [2.75, 3.05) is 6.61 Å². The van der Waals surface area contributed by atoms with Gasteiger partial charge in [-0.2, -0.15) is 0 Å². The highest BCUT2D eigenvalue weighted by atomic mass is 35.5. The zero-order valence-electron chi connectivity index (χ0n) is 34.3. The lowest BCUT2D eigenvalue weighted by Gasteiger charge is -2.65. The van der Waals surface area contributed by atoms with Crippen molar-refractivity contribution < 1.29 is 67.4 Å². The average molecular weight is 890 g/mol. The molecule has 0 saturated heterocycles. The van der Waals surface area contributed by atoms with E-state index < -0.39 is 177 Å². The second-order valence-corrected chi connectivity index (χ2v) is 21.9. The minimum absolute atomic E-state index is 0.0226. The van der Waals surface area contributed by atoms with Crippen LogP contribution in [0, 0.1) is 57.2 Å². The largest absolute Gasteiger partial charge is 0.390 e. The number of alkyl halides is 5. The third-order valence-corrected chi connectivity index (χ3v) is 19.4. The van der Waals surface area contributed by atoms with Crippen molar-refractivity contribution in [3.8, 4) is 0 Å². The van der Waals surface area contributed by atoms with E-state index in [0.717, 1.165) is 18.2 Å². The number of allylic oxidation sites excluding steroid dienone is 5. The van der Waals surface area contributed by atoms with Crippen LogP contribution in [-0.4, -0.2) is 118 Å². The molecule has 10 nitrogen and oxygen atoms in total. The fourth-order valence-electron chi connectivity index (χ4n) is 15.5. The lowest BCUT2D eigenvalue weighted by Crippen LogP contribution is -2.74. The first kappa shape index (κ1) is 44.6. The van der Waals surface area contributed by atoms with Crippen LogP contribution in [0.25, 0.3) is 0 Å². The number of hydrogen-bond donors (Lipinski definition) is 6. The molecule has 60 heavy (non-hydrogen) atoms. The van der Waals surface area contributed by atoms with Crippen molar-refractivity contribution in [1.29, 1.82) is 0 Å². The molecule has 6 N–H and O–H groups in total. The summed E-state index contributed by atoms with van der Waals surface area (Å²) >= 11 is 13.3. The van der Waals surface area contributed by atoms with Gasteiger partial charge in [-0.1, -0.05) is 46.2 Å². The van der Waals surface area contributed by atoms with E-state index in [-0.39, 0.29) is 29.0 Å². The molecular weight excluding hydrogens is 835 g/mol. The highest BCUT2D eigenvalue weighted by molar-refractivity contribution is 6.44. The summed E-state index contributed by atoms with van der Waals surface area (Å²) in [5.41, 5.74) is -18.2. The summed E-state index contributed by atoms with van der Waals surface area (Å²) in [6.07, 6.45) is -10.8. The number of carbonyl (C=O) groups excluding carboxylic acids is 4. The third kappa shape index (κ3) is 4.73. The van der Waals surface area contributed by atoms with E-state index in [2.05, 4.69) is 0 Å². The molecule has 0 bridgehead atoms. The number of Topliss-reactive ketones (excluding diaryl/α,β-unsaturated/α-hetero) is 2. The van der Waals surface area contributed by atoms with Crippen LogP contribution in [0.1, 0.15) is 86.5 Å². The molecule has 16 heteroatoms. The Kier molecular flexibility index (Phi) is 9.68. The van der Waals surface area contributed by atoms with Gasteiger partial charge in [-0.25, -0.2) is 17.6 Å². The Bertz CT molecular complexity index is 2080. The number of fused-ring (bicyclic) bond motifs is 10. The monoisotopic (exact) mass is 888 g/mol. The van der Waals surface area contributed by atoms with Crippen LogP contribution in [0.15, 0.2) is 34.4 Å². The van der Waals surface area contributed by atoms with E-state index in [1.54, 1.807) is 6.92 Å². The summed E-state index contributed by atoms with van der Waals surface area (Å²) in [6, 6.07) is 0. The van der Waals surface area contributed by atoms with Gasteiger partial charge in [0, 0.05) is 33.5 Å². The first-order valence-corrected chi connectivity index (χ1v) is 21.7. The second-order valence-electron chi connectivity index (χ2n) is 20.8. The van der Waals surface area contributed by atoms with E-state index in [1.807, 2.05) is 0 Å². The van der Waals surface area contributed by atoms with Crippen LogP contribution in [0.4, 0.5) is 17.6 Å². The Morgan fingerprint density at radius 2 is 1.28 bits per heavy atom. The number of carbonyl (C=O) groups is 4. The lowest BCUT2D eigenvalue weighted by atomic mass is 9.42. The topological polar surface area (TPSA) is 190 Å². The van der Waals surface area contributed by atoms with E-state index >= 15 is 17.6 Å². The molecule has 0 spiro atoms. The van der Waals surface area contributed by atoms with E-state index in [0.29, 0.717) is 0 Å². The summed E-state index contributed by atoms with van der Waals surface area (Å²) in [5.74, 6) is -10.8. The fourth-order valence-corrected chi connectivity index (χ4v) is 16.2. The summed E-state index contributed by atoms with van der Waals surface area (Å²) in [7, 11) is 0. The van der Waals surface area contributed by atoms with Gasteiger partial charge < -0.3 is 30.6 Å². The normalized spacial score (nSPS) is 56.1. The van der Waals surface area contributed by atoms with E-state index in [1.165, 1.54) is 34.6 Å². The van der Waals surface area contributed by atoms with Crippen molar-refractivity contribution in [1.82, 2.24) is 0 Å². The molecule has 0 radical (unpaired) electrons. The number of rotatable bonds is 5. The standard InChI is InChI=1S/C44H54Cl2F4O10/c1-18-7-20-23-10-28(48)25-12-30(53)40(46,17-39(25,6)42(23,50)32(55)14-37(20,4)43(18,59)33(56)16-51)34(57)35(58)44(60)19(2)8-21-22-9-27(47)24-11-29(52)26(45)13-36(24,3)41(22,49)31(54)15-38(21,44)5/h11-13,18-23,27-28,31-32,34,51,54-55,57,59-60H,7-10,14-17H2,1-6H3/t18-,19-,20+,21+,22+,23+,27+,28+,31+,32+,34?,36+,37+,38+,39+,40?,41+,42+,43+,44+/m1/s1. The van der Waals surface area contributed by atoms with Crippen molar-refractivity contribution in [3.05, 3.63) is 34.4 Å². The van der Waals surface area contributed by atoms with Gasteiger partial charge in [-0.05, 0) is 105 Å². The lowest BCUT2D eigenvalue weighted by molar-refractivity contribution is -0.236. The van der Waals surface area contributed by atoms with Crippen LogP contribution in [-0.2, 0) is 19.2 Å². The first-order valence-electron chi connectivity index (χ1n) is 20.9. The van der Waals surface area contributed by atoms with Crippen LogP contribution in [0.5, 0.6) is 0 Å². The first-order chi connectivity index (χ1) is 27.5. The minimum Gasteiger partial charge on any atom is -0.390 e. The van der Waals surface area contributed by atoms with Gasteiger partial charge in [-0.3, -0.25) is 19.2 Å². The molecular formula is C44H54Cl2F4O10. The number of halogens is 6. The van der Waals surface area contributed by atoms with Gasteiger partial charge >= 0.3 is 0 Å². The number of hydrogen-bond acceptors (Lipinski definition) is 10. The second kappa shape index (κ2) is 13.0. The summed E-state index contributed by atoms with van der Waals surface area (Å²) < 4.78 is 69.1. The van der Waals surface area contributed by atoms with Crippen LogP contribution < -0.4 is 0 Å². The van der Waals surface area contributed by atoms with Crippen molar-refractivity contribution in [3.63, 3.8) is 0 Å². The molecule has 0 aliphatic heterocycles. The highest BCUT2D eigenvalue weighted by Gasteiger charge is 2.81. The zero-order chi connectivity index (χ0) is 44.7.